The van der Waals surface area contributed by atoms with Crippen molar-refractivity contribution >= 4 is 23.6 Å². The molecule has 1 saturated heterocycles. The number of amides is 3. The first-order valence-corrected chi connectivity index (χ1v) is 10.0. The lowest BCUT2D eigenvalue weighted by molar-refractivity contribution is -0.139. The highest BCUT2D eigenvalue weighted by Gasteiger charge is 2.32. The normalized spacial score (nSPS) is 22.5. The number of hydrogen-bond acceptors (Lipinski definition) is 5. The molecule has 3 N–H and O–H groups in total. The van der Waals surface area contributed by atoms with E-state index in [1.54, 1.807) is 13.8 Å². The lowest BCUT2D eigenvalue weighted by Crippen LogP contribution is -2.52. The zero-order valence-electron chi connectivity index (χ0n) is 16.9. The Hall–Kier alpha value is -2.87. The van der Waals surface area contributed by atoms with E-state index in [9.17, 15) is 14.4 Å². The molecule has 29 heavy (non-hydrogen) atoms. The molecule has 0 radical (unpaired) electrons. The maximum Gasteiger partial charge on any atom is 0.337 e. The molecule has 2 aliphatic heterocycles. The molecule has 0 unspecified atom stereocenters. The Morgan fingerprint density at radius 1 is 1.28 bits per heavy atom. The van der Waals surface area contributed by atoms with Gasteiger partial charge in [-0.15, -0.1) is 0 Å². The van der Waals surface area contributed by atoms with E-state index in [-0.39, 0.29) is 24.5 Å². The molecule has 2 atom stereocenters. The van der Waals surface area contributed by atoms with Crippen LogP contribution in [0.3, 0.4) is 0 Å². The van der Waals surface area contributed by atoms with E-state index in [4.69, 9.17) is 4.74 Å². The van der Waals surface area contributed by atoms with Crippen LogP contribution in [-0.4, -0.2) is 55.1 Å². The van der Waals surface area contributed by atoms with Crippen molar-refractivity contribution in [3.8, 4) is 0 Å². The number of para-hydroxylation sites is 1. The Morgan fingerprint density at radius 2 is 2.03 bits per heavy atom. The van der Waals surface area contributed by atoms with Crippen molar-refractivity contribution in [2.75, 3.05) is 31.6 Å². The third-order valence-corrected chi connectivity index (χ3v) is 5.16. The lowest BCUT2D eigenvalue weighted by Gasteiger charge is -2.35. The van der Waals surface area contributed by atoms with Crippen molar-refractivity contribution in [2.24, 2.45) is 5.92 Å². The van der Waals surface area contributed by atoms with Gasteiger partial charge in [0.25, 0.3) is 0 Å². The number of benzene rings is 1. The van der Waals surface area contributed by atoms with Gasteiger partial charge in [0.05, 0.1) is 24.1 Å². The number of piperidine rings is 1. The summed E-state index contributed by atoms with van der Waals surface area (Å²) in [7, 11) is 0. The highest BCUT2D eigenvalue weighted by molar-refractivity contribution is 5.95. The fourth-order valence-electron chi connectivity index (χ4n) is 3.81. The first-order valence-electron chi connectivity index (χ1n) is 10.0. The Morgan fingerprint density at radius 3 is 2.76 bits per heavy atom. The van der Waals surface area contributed by atoms with Gasteiger partial charge < -0.3 is 20.7 Å². The predicted octanol–water partition coefficient (Wildman–Crippen LogP) is 1.86. The summed E-state index contributed by atoms with van der Waals surface area (Å²) in [5.74, 6) is -0.591. The minimum atomic E-state index is -0.433. The number of rotatable bonds is 6. The van der Waals surface area contributed by atoms with Crippen LogP contribution in [0.5, 0.6) is 0 Å². The number of nitrogens with zero attached hydrogens (tertiary/aromatic N) is 1. The van der Waals surface area contributed by atoms with Crippen LogP contribution in [0.15, 0.2) is 41.6 Å². The Kier molecular flexibility index (Phi) is 6.87. The summed E-state index contributed by atoms with van der Waals surface area (Å²) in [6.45, 7) is 5.53. The van der Waals surface area contributed by atoms with Gasteiger partial charge in [-0.25, -0.2) is 9.59 Å². The zero-order valence-corrected chi connectivity index (χ0v) is 16.9. The molecule has 2 heterocycles. The minimum absolute atomic E-state index is 0.0109. The van der Waals surface area contributed by atoms with Gasteiger partial charge >= 0.3 is 12.0 Å². The van der Waals surface area contributed by atoms with Crippen LogP contribution in [0, 0.1) is 5.92 Å². The fourth-order valence-corrected chi connectivity index (χ4v) is 3.81. The third-order valence-electron chi connectivity index (χ3n) is 5.16. The summed E-state index contributed by atoms with van der Waals surface area (Å²) in [5, 5.41) is 8.41. The molecule has 156 valence electrons. The van der Waals surface area contributed by atoms with Gasteiger partial charge in [0.15, 0.2) is 0 Å². The van der Waals surface area contributed by atoms with E-state index >= 15 is 0 Å². The molecule has 0 spiro atoms. The highest BCUT2D eigenvalue weighted by Crippen LogP contribution is 2.22. The van der Waals surface area contributed by atoms with Crippen LogP contribution >= 0.6 is 0 Å². The smallest absolute Gasteiger partial charge is 0.337 e. The summed E-state index contributed by atoms with van der Waals surface area (Å²) < 4.78 is 5.16. The first-order chi connectivity index (χ1) is 14.0. The number of nitrogens with one attached hydrogen (secondary N) is 3. The van der Waals surface area contributed by atoms with Gasteiger partial charge in [0.2, 0.25) is 5.91 Å². The van der Waals surface area contributed by atoms with E-state index in [1.807, 2.05) is 30.3 Å². The highest BCUT2D eigenvalue weighted by atomic mass is 16.5. The third kappa shape index (κ3) is 5.35. The number of carbonyl (C=O) groups is 3. The first kappa shape index (κ1) is 20.9. The number of esters is 1. The number of likely N-dealkylation sites (tertiary alicyclic amines) is 1. The second kappa shape index (κ2) is 9.56. The fraction of sp³-hybridized carbons (Fsp3) is 0.476. The molecule has 0 saturated carbocycles. The van der Waals surface area contributed by atoms with Gasteiger partial charge in [0.1, 0.15) is 0 Å². The number of carbonyl (C=O) groups excluding carboxylic acids is 3. The summed E-state index contributed by atoms with van der Waals surface area (Å²) in [5.41, 5.74) is 1.76. The Labute approximate surface area is 170 Å². The van der Waals surface area contributed by atoms with Crippen LogP contribution in [0.4, 0.5) is 10.5 Å². The minimum Gasteiger partial charge on any atom is -0.463 e. The van der Waals surface area contributed by atoms with Crippen LogP contribution in [0.1, 0.15) is 26.7 Å². The van der Waals surface area contributed by atoms with Crippen molar-refractivity contribution < 1.29 is 19.1 Å². The predicted molar refractivity (Wildman–Crippen MR) is 109 cm³/mol. The van der Waals surface area contributed by atoms with Gasteiger partial charge in [-0.1, -0.05) is 18.2 Å². The average molecular weight is 400 g/mol. The molecule has 1 aromatic carbocycles. The van der Waals surface area contributed by atoms with Crippen LogP contribution in [0.25, 0.3) is 0 Å². The second-order valence-electron chi connectivity index (χ2n) is 7.36. The SMILES string of the molecule is CCOC(=O)C1=C(CN2CCC[C@H](C(=O)Nc3ccccc3)C2)NC(=O)N[C@H]1C. The molecule has 1 fully saturated rings. The molecule has 1 aromatic rings. The lowest BCUT2D eigenvalue weighted by atomic mass is 9.96. The van der Waals surface area contributed by atoms with Crippen LogP contribution in [-0.2, 0) is 14.3 Å². The summed E-state index contributed by atoms with van der Waals surface area (Å²) in [6, 6.07) is 8.62. The maximum absolute atomic E-state index is 12.7. The molecule has 2 aliphatic rings. The molecule has 0 aliphatic carbocycles. The van der Waals surface area contributed by atoms with Crippen molar-refractivity contribution in [2.45, 2.75) is 32.7 Å². The van der Waals surface area contributed by atoms with Crippen molar-refractivity contribution in [1.82, 2.24) is 15.5 Å². The molecule has 8 nitrogen and oxygen atoms in total. The number of urea groups is 1. The molecule has 8 heteroatoms. The van der Waals surface area contributed by atoms with E-state index in [1.165, 1.54) is 0 Å². The van der Waals surface area contributed by atoms with Gasteiger partial charge in [-0.2, -0.15) is 0 Å². The average Bonchev–Trinajstić information content (AvgIpc) is 2.68. The van der Waals surface area contributed by atoms with Crippen LogP contribution < -0.4 is 16.0 Å². The largest absolute Gasteiger partial charge is 0.463 e. The Bertz CT molecular complexity index is 793. The summed E-state index contributed by atoms with van der Waals surface area (Å²) in [4.78, 5) is 39.1. The summed E-state index contributed by atoms with van der Waals surface area (Å²) in [6.07, 6.45) is 1.68. The topological polar surface area (TPSA) is 99.8 Å². The number of hydrogen-bond donors (Lipinski definition) is 3. The Balaban J connectivity index is 1.69. The van der Waals surface area contributed by atoms with Crippen LogP contribution in [0.2, 0.25) is 0 Å². The van der Waals surface area contributed by atoms with Crippen molar-refractivity contribution in [3.05, 3.63) is 41.6 Å². The molecule has 3 rings (SSSR count). The van der Waals surface area contributed by atoms with Crippen molar-refractivity contribution in [3.63, 3.8) is 0 Å². The standard InChI is InChI=1S/C21H28N4O4/c1-3-29-20(27)18-14(2)22-21(28)24-17(18)13-25-11-7-8-15(12-25)19(26)23-16-9-5-4-6-10-16/h4-6,9-10,14-15H,3,7-8,11-13H2,1-2H3,(H,23,26)(H2,22,24,28)/t14-,15-/m0/s1. The van der Waals surface area contributed by atoms with E-state index in [0.717, 1.165) is 25.1 Å². The quantitative estimate of drug-likeness (QED) is 0.633. The van der Waals surface area contributed by atoms with E-state index < -0.39 is 12.0 Å². The molecule has 0 aromatic heterocycles. The second-order valence-corrected chi connectivity index (χ2v) is 7.36. The van der Waals surface area contributed by atoms with Gasteiger partial charge in [0, 0.05) is 24.5 Å². The molecule has 3 amide bonds. The van der Waals surface area contributed by atoms with E-state index in [0.29, 0.717) is 24.4 Å². The molecular weight excluding hydrogens is 372 g/mol. The van der Waals surface area contributed by atoms with Gasteiger partial charge in [-0.05, 0) is 45.4 Å². The number of ether oxygens (including phenoxy) is 1. The molecular formula is C21H28N4O4. The summed E-state index contributed by atoms with van der Waals surface area (Å²) >= 11 is 0. The molecule has 0 bridgehead atoms. The monoisotopic (exact) mass is 400 g/mol. The van der Waals surface area contributed by atoms with Crippen molar-refractivity contribution in [1.29, 1.82) is 0 Å². The zero-order chi connectivity index (χ0) is 20.8. The number of anilines is 1. The van der Waals surface area contributed by atoms with Gasteiger partial charge in [-0.3, -0.25) is 9.69 Å². The maximum atomic E-state index is 12.7. The van der Waals surface area contributed by atoms with E-state index in [2.05, 4.69) is 20.9 Å².